The van der Waals surface area contributed by atoms with E-state index in [2.05, 4.69) is 6.92 Å². The summed E-state index contributed by atoms with van der Waals surface area (Å²) in [6.07, 6.45) is 1.14. The van der Waals surface area contributed by atoms with Gasteiger partial charge in [0.25, 0.3) is 0 Å². The number of carbonyl (C=O) groups excluding carboxylic acids is 1. The fraction of sp³-hybridized carbons (Fsp3) is 0.300. The molecule has 1 aromatic carbocycles. The maximum atomic E-state index is 10.6. The van der Waals surface area contributed by atoms with E-state index in [1.807, 2.05) is 18.2 Å². The minimum Gasteiger partial charge on any atom is -0.281 e. The second-order valence-corrected chi connectivity index (χ2v) is 3.64. The van der Waals surface area contributed by atoms with E-state index in [1.54, 1.807) is 0 Å². The van der Waals surface area contributed by atoms with Gasteiger partial charge in [-0.25, -0.2) is 0 Å². The minimum atomic E-state index is -0.383. The van der Waals surface area contributed by atoms with E-state index in [0.717, 1.165) is 17.5 Å². The van der Waals surface area contributed by atoms with Crippen LogP contribution in [0.4, 0.5) is 0 Å². The van der Waals surface area contributed by atoms with Crippen LogP contribution in [0.5, 0.6) is 0 Å². The van der Waals surface area contributed by atoms with Gasteiger partial charge in [0.2, 0.25) is 5.24 Å². The van der Waals surface area contributed by atoms with Gasteiger partial charge in [0.1, 0.15) is 0 Å². The molecule has 0 aliphatic rings. The lowest BCUT2D eigenvalue weighted by molar-refractivity contribution is -0.111. The Morgan fingerprint density at radius 1 is 1.46 bits per heavy atom. The third kappa shape index (κ3) is 3.02. The summed E-state index contributed by atoms with van der Waals surface area (Å²) in [6.45, 7) is 2.05. The van der Waals surface area contributed by atoms with Crippen LogP contribution in [0.1, 0.15) is 18.1 Å². The molecule has 0 saturated heterocycles. The molecule has 0 aliphatic heterocycles. The lowest BCUT2D eigenvalue weighted by Crippen LogP contribution is -1.95. The Morgan fingerprint density at radius 3 is 2.62 bits per heavy atom. The molecule has 0 radical (unpaired) electrons. The van der Waals surface area contributed by atoms with Gasteiger partial charge in [-0.1, -0.05) is 30.7 Å². The molecule has 3 heteroatoms. The molecule has 0 heterocycles. The van der Waals surface area contributed by atoms with Crippen molar-refractivity contribution in [3.63, 3.8) is 0 Å². The zero-order valence-corrected chi connectivity index (χ0v) is 8.82. The molecule has 0 N–H and O–H groups in total. The second-order valence-electron chi connectivity index (χ2n) is 2.81. The van der Waals surface area contributed by atoms with Crippen LogP contribution in [0.15, 0.2) is 18.2 Å². The fourth-order valence-corrected chi connectivity index (χ4v) is 1.52. The van der Waals surface area contributed by atoms with Crippen molar-refractivity contribution < 1.29 is 4.79 Å². The van der Waals surface area contributed by atoms with Gasteiger partial charge in [-0.15, -0.1) is 0 Å². The van der Waals surface area contributed by atoms with Crippen LogP contribution in [-0.2, 0) is 17.6 Å². The van der Waals surface area contributed by atoms with Crippen molar-refractivity contribution in [3.8, 4) is 0 Å². The molecule has 0 spiro atoms. The monoisotopic (exact) mass is 216 g/mol. The Labute approximate surface area is 87.7 Å². The van der Waals surface area contributed by atoms with E-state index in [0.29, 0.717) is 5.02 Å². The van der Waals surface area contributed by atoms with E-state index >= 15 is 0 Å². The molecule has 0 fully saturated rings. The third-order valence-electron chi connectivity index (χ3n) is 1.86. The summed E-state index contributed by atoms with van der Waals surface area (Å²) in [5, 5.41) is 0.236. The van der Waals surface area contributed by atoms with Gasteiger partial charge >= 0.3 is 0 Å². The van der Waals surface area contributed by atoms with Crippen molar-refractivity contribution in [1.29, 1.82) is 0 Å². The third-order valence-corrected chi connectivity index (χ3v) is 2.34. The quantitative estimate of drug-likeness (QED) is 0.710. The molecule has 0 atom stereocenters. The highest BCUT2D eigenvalue weighted by Gasteiger charge is 2.04. The molecule has 1 nitrogen and oxygen atoms in total. The molecule has 0 bridgehead atoms. The average molecular weight is 217 g/mol. The number of hydrogen-bond donors (Lipinski definition) is 0. The first kappa shape index (κ1) is 10.6. The predicted octanol–water partition coefficient (Wildman–Crippen LogP) is 3.21. The van der Waals surface area contributed by atoms with Crippen LogP contribution in [0.2, 0.25) is 5.02 Å². The maximum absolute atomic E-state index is 10.6. The van der Waals surface area contributed by atoms with E-state index in [1.165, 1.54) is 0 Å². The molecule has 1 aromatic rings. The summed E-state index contributed by atoms with van der Waals surface area (Å²) in [5.41, 5.74) is 1.95. The number of aryl methyl sites for hydroxylation is 1. The number of halogens is 2. The highest BCUT2D eigenvalue weighted by atomic mass is 35.5. The first-order valence-corrected chi connectivity index (χ1v) is 4.84. The van der Waals surface area contributed by atoms with Gasteiger partial charge in [-0.3, -0.25) is 4.79 Å². The number of hydrogen-bond acceptors (Lipinski definition) is 1. The lowest BCUT2D eigenvalue weighted by Gasteiger charge is -2.02. The second kappa shape index (κ2) is 4.64. The van der Waals surface area contributed by atoms with Gasteiger partial charge in [0.05, 0.1) is 0 Å². The summed E-state index contributed by atoms with van der Waals surface area (Å²) in [5.74, 6) is 0. The van der Waals surface area contributed by atoms with E-state index in [-0.39, 0.29) is 11.7 Å². The zero-order chi connectivity index (χ0) is 9.84. The van der Waals surface area contributed by atoms with Crippen LogP contribution < -0.4 is 0 Å². The molecular formula is C10H10Cl2O. The summed E-state index contributed by atoms with van der Waals surface area (Å²) in [4.78, 5) is 10.6. The lowest BCUT2D eigenvalue weighted by atomic mass is 10.1. The summed E-state index contributed by atoms with van der Waals surface area (Å²) >= 11 is 11.2. The van der Waals surface area contributed by atoms with E-state index in [9.17, 15) is 4.79 Å². The van der Waals surface area contributed by atoms with Gasteiger partial charge in [-0.05, 0) is 35.2 Å². The summed E-state index contributed by atoms with van der Waals surface area (Å²) < 4.78 is 0. The van der Waals surface area contributed by atoms with Crippen LogP contribution in [-0.4, -0.2) is 5.24 Å². The largest absolute Gasteiger partial charge is 0.281 e. The van der Waals surface area contributed by atoms with Crippen molar-refractivity contribution in [2.45, 2.75) is 19.8 Å². The molecule has 0 aromatic heterocycles. The van der Waals surface area contributed by atoms with Crippen molar-refractivity contribution in [3.05, 3.63) is 34.3 Å². The first-order valence-electron chi connectivity index (χ1n) is 4.09. The molecule has 0 saturated carbocycles. The highest BCUT2D eigenvalue weighted by Crippen LogP contribution is 2.19. The Kier molecular flexibility index (Phi) is 3.76. The van der Waals surface area contributed by atoms with Crippen LogP contribution in [0.25, 0.3) is 0 Å². The van der Waals surface area contributed by atoms with Gasteiger partial charge < -0.3 is 0 Å². The Balaban J connectivity index is 2.91. The Bertz CT molecular complexity index is 321. The summed E-state index contributed by atoms with van der Waals surface area (Å²) in [6, 6.07) is 5.68. The maximum Gasteiger partial charge on any atom is 0.226 e. The van der Waals surface area contributed by atoms with Crippen LogP contribution in [0, 0.1) is 0 Å². The Morgan fingerprint density at radius 2 is 2.15 bits per heavy atom. The average Bonchev–Trinajstić information content (AvgIpc) is 2.08. The molecule has 0 aliphatic carbocycles. The van der Waals surface area contributed by atoms with Crippen molar-refractivity contribution in [2.75, 3.05) is 0 Å². The topological polar surface area (TPSA) is 17.1 Å². The molecule has 0 unspecified atom stereocenters. The number of rotatable bonds is 3. The Hall–Kier alpha value is -0.530. The van der Waals surface area contributed by atoms with Crippen molar-refractivity contribution in [2.24, 2.45) is 0 Å². The smallest absolute Gasteiger partial charge is 0.226 e. The number of benzene rings is 1. The van der Waals surface area contributed by atoms with Gasteiger partial charge in [0, 0.05) is 11.4 Å². The van der Waals surface area contributed by atoms with Crippen LogP contribution in [0.3, 0.4) is 0 Å². The molecular weight excluding hydrogens is 207 g/mol. The number of carbonyl (C=O) groups is 1. The molecule has 70 valence electrons. The SMILES string of the molecule is CCc1ccc(CC(=O)Cl)c(Cl)c1. The van der Waals surface area contributed by atoms with E-state index < -0.39 is 0 Å². The minimum absolute atomic E-state index is 0.199. The molecule has 0 amide bonds. The fourth-order valence-electron chi connectivity index (χ4n) is 1.10. The summed E-state index contributed by atoms with van der Waals surface area (Å²) in [7, 11) is 0. The van der Waals surface area contributed by atoms with Gasteiger partial charge in [0.15, 0.2) is 0 Å². The molecule has 1 rings (SSSR count). The van der Waals surface area contributed by atoms with Crippen LogP contribution >= 0.6 is 23.2 Å². The normalized spacial score (nSPS) is 10.1. The zero-order valence-electron chi connectivity index (χ0n) is 7.31. The van der Waals surface area contributed by atoms with Crippen molar-refractivity contribution >= 4 is 28.4 Å². The van der Waals surface area contributed by atoms with Crippen molar-refractivity contribution in [1.82, 2.24) is 0 Å². The van der Waals surface area contributed by atoms with E-state index in [4.69, 9.17) is 23.2 Å². The van der Waals surface area contributed by atoms with Gasteiger partial charge in [-0.2, -0.15) is 0 Å². The highest BCUT2D eigenvalue weighted by molar-refractivity contribution is 6.63. The standard InChI is InChI=1S/C10H10Cl2O/c1-2-7-3-4-8(6-10(12)13)9(11)5-7/h3-5H,2,6H2,1H3. The predicted molar refractivity (Wildman–Crippen MR) is 55.4 cm³/mol. The first-order chi connectivity index (χ1) is 6.13. The molecule has 13 heavy (non-hydrogen) atoms.